The number of ketones is 2. The molecule has 118 valence electrons. The molecule has 0 aliphatic rings. The number of benzene rings is 3. The molecule has 0 aliphatic heterocycles. The van der Waals surface area contributed by atoms with Crippen molar-refractivity contribution >= 4 is 11.6 Å². The lowest BCUT2D eigenvalue weighted by Gasteiger charge is -2.04. The van der Waals surface area contributed by atoms with Crippen molar-refractivity contribution in [2.75, 3.05) is 0 Å². The second kappa shape index (κ2) is 6.54. The summed E-state index contributed by atoms with van der Waals surface area (Å²) in [5, 5.41) is 0. The van der Waals surface area contributed by atoms with E-state index >= 15 is 0 Å². The van der Waals surface area contributed by atoms with Crippen molar-refractivity contribution in [2.45, 2.75) is 0 Å². The van der Waals surface area contributed by atoms with Crippen LogP contribution in [0.1, 0.15) is 31.8 Å². The third-order valence-corrected chi connectivity index (χ3v) is 3.62. The summed E-state index contributed by atoms with van der Waals surface area (Å²) in [5.74, 6) is -1.33. The summed E-state index contributed by atoms with van der Waals surface area (Å²) >= 11 is 0. The second-order valence-electron chi connectivity index (χ2n) is 5.25. The fourth-order valence-electron chi connectivity index (χ4n) is 2.31. The first-order chi connectivity index (χ1) is 11.5. The number of hydrogen-bond donors (Lipinski definition) is 0. The van der Waals surface area contributed by atoms with Crippen LogP contribution in [0.2, 0.25) is 0 Å². The predicted molar refractivity (Wildman–Crippen MR) is 86.1 cm³/mol. The summed E-state index contributed by atoms with van der Waals surface area (Å²) < 4.78 is 25.8. The van der Waals surface area contributed by atoms with E-state index < -0.39 is 11.6 Å². The van der Waals surface area contributed by atoms with Crippen molar-refractivity contribution in [3.8, 4) is 0 Å². The molecule has 0 aliphatic carbocycles. The van der Waals surface area contributed by atoms with Crippen LogP contribution in [0.4, 0.5) is 8.78 Å². The van der Waals surface area contributed by atoms with Gasteiger partial charge in [-0.3, -0.25) is 9.59 Å². The lowest BCUT2D eigenvalue weighted by atomic mass is 9.98. The molecule has 0 radical (unpaired) electrons. The van der Waals surface area contributed by atoms with Crippen molar-refractivity contribution in [3.63, 3.8) is 0 Å². The van der Waals surface area contributed by atoms with E-state index in [1.54, 1.807) is 24.3 Å². The Balaban J connectivity index is 1.82. The number of hydrogen-bond acceptors (Lipinski definition) is 2. The summed E-state index contributed by atoms with van der Waals surface area (Å²) in [6.07, 6.45) is 0. The molecule has 3 aromatic carbocycles. The number of carbonyl (C=O) groups is 2. The topological polar surface area (TPSA) is 34.1 Å². The minimum atomic E-state index is -0.410. The molecular weight excluding hydrogens is 310 g/mol. The SMILES string of the molecule is O=C(c1ccc(F)cc1)c1ccc(C(=O)c2ccc(F)cc2)cc1. The summed E-state index contributed by atoms with van der Waals surface area (Å²) in [6, 6.07) is 16.7. The standard InChI is InChI=1S/C20H12F2O2/c21-17-9-5-15(6-10-17)19(23)13-1-2-14(4-3-13)20(24)16-7-11-18(22)12-8-16/h1-12H. The highest BCUT2D eigenvalue weighted by atomic mass is 19.1. The minimum Gasteiger partial charge on any atom is -0.289 e. The minimum absolute atomic E-state index is 0.254. The zero-order chi connectivity index (χ0) is 17.1. The average molecular weight is 322 g/mol. The van der Waals surface area contributed by atoms with Gasteiger partial charge in [0, 0.05) is 22.3 Å². The number of halogens is 2. The Bertz CT molecular complexity index is 804. The smallest absolute Gasteiger partial charge is 0.193 e. The maximum Gasteiger partial charge on any atom is 0.193 e. The van der Waals surface area contributed by atoms with Gasteiger partial charge in [0.25, 0.3) is 0 Å². The summed E-state index contributed by atoms with van der Waals surface area (Å²) in [7, 11) is 0. The molecule has 0 unspecified atom stereocenters. The maximum atomic E-state index is 12.9. The van der Waals surface area contributed by atoms with Crippen LogP contribution in [-0.4, -0.2) is 11.6 Å². The molecule has 24 heavy (non-hydrogen) atoms. The summed E-state index contributed by atoms with van der Waals surface area (Å²) in [6.45, 7) is 0. The van der Waals surface area contributed by atoms with Gasteiger partial charge in [0.1, 0.15) is 11.6 Å². The van der Waals surface area contributed by atoms with Crippen LogP contribution in [0, 0.1) is 11.6 Å². The Morgan fingerprint density at radius 2 is 0.667 bits per heavy atom. The normalized spacial score (nSPS) is 10.4. The first kappa shape index (κ1) is 15.7. The van der Waals surface area contributed by atoms with E-state index in [1.807, 2.05) is 0 Å². The molecule has 0 spiro atoms. The highest BCUT2D eigenvalue weighted by molar-refractivity contribution is 6.11. The molecule has 0 saturated carbocycles. The third-order valence-electron chi connectivity index (χ3n) is 3.62. The molecule has 0 heterocycles. The molecule has 3 aromatic rings. The van der Waals surface area contributed by atoms with Crippen molar-refractivity contribution < 1.29 is 18.4 Å². The zero-order valence-corrected chi connectivity index (χ0v) is 12.5. The molecule has 0 aromatic heterocycles. The summed E-state index contributed by atoms with van der Waals surface area (Å²) in [5.41, 5.74) is 1.54. The van der Waals surface area contributed by atoms with Gasteiger partial charge in [0.15, 0.2) is 11.6 Å². The van der Waals surface area contributed by atoms with Crippen LogP contribution in [0.3, 0.4) is 0 Å². The lowest BCUT2D eigenvalue weighted by Crippen LogP contribution is -2.04. The van der Waals surface area contributed by atoms with Gasteiger partial charge < -0.3 is 0 Å². The van der Waals surface area contributed by atoms with Crippen LogP contribution in [0.15, 0.2) is 72.8 Å². The first-order valence-corrected chi connectivity index (χ1v) is 7.25. The van der Waals surface area contributed by atoms with E-state index in [1.165, 1.54) is 48.5 Å². The van der Waals surface area contributed by atoms with Gasteiger partial charge >= 0.3 is 0 Å². The Hall–Kier alpha value is -3.14. The Morgan fingerprint density at radius 1 is 0.458 bits per heavy atom. The van der Waals surface area contributed by atoms with Crippen molar-refractivity contribution in [1.29, 1.82) is 0 Å². The third kappa shape index (κ3) is 3.27. The van der Waals surface area contributed by atoms with Crippen LogP contribution in [0.25, 0.3) is 0 Å². The van der Waals surface area contributed by atoms with Crippen LogP contribution in [-0.2, 0) is 0 Å². The predicted octanol–water partition coefficient (Wildman–Crippen LogP) is 4.43. The van der Waals surface area contributed by atoms with Gasteiger partial charge in [-0.1, -0.05) is 24.3 Å². The fourth-order valence-corrected chi connectivity index (χ4v) is 2.31. The molecular formula is C20H12F2O2. The monoisotopic (exact) mass is 322 g/mol. The van der Waals surface area contributed by atoms with Crippen molar-refractivity contribution in [3.05, 3.63) is 107 Å². The Morgan fingerprint density at radius 3 is 0.917 bits per heavy atom. The lowest BCUT2D eigenvalue weighted by molar-refractivity contribution is 0.102. The van der Waals surface area contributed by atoms with E-state index in [0.717, 1.165) is 0 Å². The molecule has 0 atom stereocenters. The van der Waals surface area contributed by atoms with Gasteiger partial charge in [-0.2, -0.15) is 0 Å². The number of carbonyl (C=O) groups excluding carboxylic acids is 2. The van der Waals surface area contributed by atoms with Crippen LogP contribution >= 0.6 is 0 Å². The van der Waals surface area contributed by atoms with Gasteiger partial charge in [0.05, 0.1) is 0 Å². The molecule has 0 saturated heterocycles. The van der Waals surface area contributed by atoms with Crippen LogP contribution < -0.4 is 0 Å². The van der Waals surface area contributed by atoms with E-state index in [-0.39, 0.29) is 11.6 Å². The first-order valence-electron chi connectivity index (χ1n) is 7.25. The van der Waals surface area contributed by atoms with E-state index in [9.17, 15) is 18.4 Å². The van der Waals surface area contributed by atoms with Crippen molar-refractivity contribution in [2.24, 2.45) is 0 Å². The largest absolute Gasteiger partial charge is 0.289 e. The zero-order valence-electron chi connectivity index (χ0n) is 12.5. The second-order valence-corrected chi connectivity index (χ2v) is 5.25. The van der Waals surface area contributed by atoms with Gasteiger partial charge in [-0.25, -0.2) is 8.78 Å². The van der Waals surface area contributed by atoms with E-state index in [0.29, 0.717) is 22.3 Å². The molecule has 0 N–H and O–H groups in total. The van der Waals surface area contributed by atoms with Gasteiger partial charge in [-0.15, -0.1) is 0 Å². The molecule has 0 bridgehead atoms. The molecule has 0 fully saturated rings. The molecule has 4 heteroatoms. The Kier molecular flexibility index (Phi) is 4.29. The highest BCUT2D eigenvalue weighted by Gasteiger charge is 2.12. The van der Waals surface area contributed by atoms with Crippen molar-refractivity contribution in [1.82, 2.24) is 0 Å². The van der Waals surface area contributed by atoms with E-state index in [2.05, 4.69) is 0 Å². The van der Waals surface area contributed by atoms with Gasteiger partial charge in [-0.05, 0) is 48.5 Å². The maximum absolute atomic E-state index is 12.9. The fraction of sp³-hybridized carbons (Fsp3) is 0. The Labute approximate surface area is 137 Å². The summed E-state index contributed by atoms with van der Waals surface area (Å²) in [4.78, 5) is 24.6. The molecule has 2 nitrogen and oxygen atoms in total. The van der Waals surface area contributed by atoms with Crippen LogP contribution in [0.5, 0.6) is 0 Å². The average Bonchev–Trinajstić information content (AvgIpc) is 2.62. The van der Waals surface area contributed by atoms with Gasteiger partial charge in [0.2, 0.25) is 0 Å². The number of rotatable bonds is 4. The highest BCUT2D eigenvalue weighted by Crippen LogP contribution is 2.15. The van der Waals surface area contributed by atoms with E-state index in [4.69, 9.17) is 0 Å². The molecule has 0 amide bonds. The quantitative estimate of drug-likeness (QED) is 0.666. The molecule has 3 rings (SSSR count).